The average molecular weight is 216 g/mol. The summed E-state index contributed by atoms with van der Waals surface area (Å²) < 4.78 is 0. The van der Waals surface area contributed by atoms with E-state index in [9.17, 15) is 0 Å². The Labute approximate surface area is 92.8 Å². The van der Waals surface area contributed by atoms with E-state index in [0.29, 0.717) is 16.8 Å². The lowest BCUT2D eigenvalue weighted by Crippen LogP contribution is -2.55. The summed E-state index contributed by atoms with van der Waals surface area (Å²) in [6, 6.07) is 0.714. The zero-order valence-electron chi connectivity index (χ0n) is 10.1. The van der Waals surface area contributed by atoms with Crippen molar-refractivity contribution in [1.29, 1.82) is 0 Å². The normalized spacial score (nSPS) is 27.6. The summed E-state index contributed by atoms with van der Waals surface area (Å²) in [5.74, 6) is 0. The molecule has 1 saturated heterocycles. The number of rotatable bonds is 2. The summed E-state index contributed by atoms with van der Waals surface area (Å²) in [5.41, 5.74) is 0.395. The summed E-state index contributed by atoms with van der Waals surface area (Å²) in [5, 5.41) is 4.08. The van der Waals surface area contributed by atoms with E-state index in [0.717, 1.165) is 6.67 Å². The van der Waals surface area contributed by atoms with Gasteiger partial charge in [-0.1, -0.05) is 20.8 Å². The van der Waals surface area contributed by atoms with Gasteiger partial charge in [0.15, 0.2) is 0 Å². The molecule has 1 N–H and O–H groups in total. The molecule has 0 aliphatic carbocycles. The molecule has 0 amide bonds. The number of nitrogens with zero attached hydrogens (tertiary/aromatic N) is 1. The largest absolute Gasteiger partial charge is 0.304 e. The second kappa shape index (κ2) is 4.86. The molecule has 2 atom stereocenters. The number of hydrogen-bond donors (Lipinski definition) is 1. The minimum Gasteiger partial charge on any atom is -0.304 e. The van der Waals surface area contributed by atoms with Crippen LogP contribution in [0.5, 0.6) is 0 Å². The van der Waals surface area contributed by atoms with Crippen LogP contribution in [-0.2, 0) is 0 Å². The summed E-state index contributed by atoms with van der Waals surface area (Å²) in [6.45, 7) is 11.6. The van der Waals surface area contributed by atoms with Gasteiger partial charge in [0.25, 0.3) is 0 Å². The molecule has 0 saturated carbocycles. The van der Waals surface area contributed by atoms with Crippen LogP contribution in [0.2, 0.25) is 0 Å². The van der Waals surface area contributed by atoms with Crippen molar-refractivity contribution in [2.45, 2.75) is 45.5 Å². The van der Waals surface area contributed by atoms with Crippen LogP contribution in [0, 0.1) is 5.41 Å². The predicted octanol–water partition coefficient (Wildman–Crippen LogP) is 2.36. The molecule has 0 bridgehead atoms. The van der Waals surface area contributed by atoms with Crippen LogP contribution in [0.3, 0.4) is 0 Å². The van der Waals surface area contributed by atoms with Gasteiger partial charge in [0.05, 0.1) is 5.37 Å². The van der Waals surface area contributed by atoms with Crippen molar-refractivity contribution in [2.24, 2.45) is 5.41 Å². The van der Waals surface area contributed by atoms with Crippen molar-refractivity contribution in [2.75, 3.05) is 19.5 Å². The standard InChI is InChI=1S/C11H24N2S/c1-9(14-5)13-8-12-7-6-10(13)11(2,3)4/h9-10,12H,6-8H2,1-5H3. The molecule has 84 valence electrons. The van der Waals surface area contributed by atoms with Gasteiger partial charge in [-0.25, -0.2) is 0 Å². The molecule has 0 aromatic heterocycles. The molecule has 1 fully saturated rings. The first-order valence-electron chi connectivity index (χ1n) is 5.46. The van der Waals surface area contributed by atoms with Gasteiger partial charge < -0.3 is 5.32 Å². The molecule has 2 unspecified atom stereocenters. The molecular weight excluding hydrogens is 192 g/mol. The first-order chi connectivity index (χ1) is 6.46. The Balaban J connectivity index is 2.69. The van der Waals surface area contributed by atoms with Crippen molar-refractivity contribution in [3.63, 3.8) is 0 Å². The van der Waals surface area contributed by atoms with Crippen molar-refractivity contribution in [1.82, 2.24) is 10.2 Å². The summed E-state index contributed by atoms with van der Waals surface area (Å²) in [6.07, 6.45) is 3.47. The maximum atomic E-state index is 3.46. The Bertz CT molecular complexity index is 177. The Morgan fingerprint density at radius 2 is 2.07 bits per heavy atom. The topological polar surface area (TPSA) is 15.3 Å². The smallest absolute Gasteiger partial charge is 0.0541 e. The molecular formula is C11H24N2S. The van der Waals surface area contributed by atoms with Crippen LogP contribution in [-0.4, -0.2) is 35.8 Å². The first kappa shape index (κ1) is 12.3. The third-order valence-electron chi connectivity index (χ3n) is 3.10. The highest BCUT2D eigenvalue weighted by atomic mass is 32.2. The van der Waals surface area contributed by atoms with Gasteiger partial charge in [0.2, 0.25) is 0 Å². The molecule has 1 rings (SSSR count). The van der Waals surface area contributed by atoms with Gasteiger partial charge in [-0.2, -0.15) is 0 Å². The minimum absolute atomic E-state index is 0.395. The highest BCUT2D eigenvalue weighted by molar-refractivity contribution is 7.99. The first-order valence-corrected chi connectivity index (χ1v) is 6.75. The van der Waals surface area contributed by atoms with Crippen LogP contribution in [0.25, 0.3) is 0 Å². The monoisotopic (exact) mass is 216 g/mol. The van der Waals surface area contributed by atoms with Gasteiger partial charge in [0, 0.05) is 12.7 Å². The van der Waals surface area contributed by atoms with E-state index in [1.807, 2.05) is 11.8 Å². The molecule has 14 heavy (non-hydrogen) atoms. The maximum absolute atomic E-state index is 3.46. The number of hydrogen-bond acceptors (Lipinski definition) is 3. The Hall–Kier alpha value is 0.270. The third-order valence-corrected chi connectivity index (χ3v) is 4.05. The molecule has 2 nitrogen and oxygen atoms in total. The molecule has 1 aliphatic heterocycles. The van der Waals surface area contributed by atoms with E-state index in [2.05, 4.69) is 44.2 Å². The van der Waals surface area contributed by atoms with Gasteiger partial charge in [0.1, 0.15) is 0 Å². The van der Waals surface area contributed by atoms with Crippen LogP contribution >= 0.6 is 11.8 Å². The highest BCUT2D eigenvalue weighted by Crippen LogP contribution is 2.31. The summed E-state index contributed by atoms with van der Waals surface area (Å²) >= 11 is 1.94. The molecule has 1 aliphatic rings. The number of nitrogens with one attached hydrogen (secondary N) is 1. The Kier molecular flexibility index (Phi) is 4.29. The maximum Gasteiger partial charge on any atom is 0.0541 e. The van der Waals surface area contributed by atoms with E-state index in [1.54, 1.807) is 0 Å². The predicted molar refractivity (Wildman–Crippen MR) is 65.5 cm³/mol. The van der Waals surface area contributed by atoms with Crippen LogP contribution in [0.1, 0.15) is 34.1 Å². The summed E-state index contributed by atoms with van der Waals surface area (Å²) in [7, 11) is 0. The fraction of sp³-hybridized carbons (Fsp3) is 1.00. The van der Waals surface area contributed by atoms with Crippen molar-refractivity contribution < 1.29 is 0 Å². The summed E-state index contributed by atoms with van der Waals surface area (Å²) in [4.78, 5) is 2.59. The fourth-order valence-electron chi connectivity index (χ4n) is 2.17. The lowest BCUT2D eigenvalue weighted by Gasteiger charge is -2.46. The minimum atomic E-state index is 0.395. The van der Waals surface area contributed by atoms with Gasteiger partial charge >= 0.3 is 0 Å². The number of thioether (sulfide) groups is 1. The Morgan fingerprint density at radius 3 is 2.57 bits per heavy atom. The lowest BCUT2D eigenvalue weighted by molar-refractivity contribution is 0.0538. The van der Waals surface area contributed by atoms with Crippen LogP contribution in [0.4, 0.5) is 0 Å². The molecule has 0 aromatic rings. The highest BCUT2D eigenvalue weighted by Gasteiger charge is 2.34. The van der Waals surface area contributed by atoms with Crippen molar-refractivity contribution in [3.05, 3.63) is 0 Å². The second-order valence-corrected chi connectivity index (χ2v) is 6.33. The SMILES string of the molecule is CSC(C)N1CNCCC1C(C)(C)C. The molecule has 0 spiro atoms. The molecule has 0 aromatic carbocycles. The van der Waals surface area contributed by atoms with E-state index in [4.69, 9.17) is 0 Å². The van der Waals surface area contributed by atoms with Crippen molar-refractivity contribution in [3.8, 4) is 0 Å². The molecule has 0 radical (unpaired) electrons. The average Bonchev–Trinajstić information content (AvgIpc) is 2.15. The van der Waals surface area contributed by atoms with Crippen LogP contribution in [0.15, 0.2) is 0 Å². The zero-order chi connectivity index (χ0) is 10.8. The lowest BCUT2D eigenvalue weighted by atomic mass is 9.83. The van der Waals surface area contributed by atoms with E-state index < -0.39 is 0 Å². The second-order valence-electron chi connectivity index (χ2n) is 5.18. The van der Waals surface area contributed by atoms with Gasteiger partial charge in [-0.05, 0) is 31.6 Å². The molecule has 1 heterocycles. The van der Waals surface area contributed by atoms with E-state index >= 15 is 0 Å². The molecule has 3 heteroatoms. The van der Waals surface area contributed by atoms with Gasteiger partial charge in [-0.3, -0.25) is 4.90 Å². The van der Waals surface area contributed by atoms with Gasteiger partial charge in [-0.15, -0.1) is 11.8 Å². The fourth-order valence-corrected chi connectivity index (χ4v) is 2.66. The van der Waals surface area contributed by atoms with Crippen LogP contribution < -0.4 is 5.32 Å². The van der Waals surface area contributed by atoms with E-state index in [1.165, 1.54) is 13.0 Å². The zero-order valence-corrected chi connectivity index (χ0v) is 10.9. The Morgan fingerprint density at radius 1 is 1.43 bits per heavy atom. The quantitative estimate of drug-likeness (QED) is 0.763. The van der Waals surface area contributed by atoms with Crippen molar-refractivity contribution >= 4 is 11.8 Å². The van der Waals surface area contributed by atoms with E-state index in [-0.39, 0.29) is 0 Å². The third kappa shape index (κ3) is 2.88.